The largest absolute Gasteiger partial charge is 0.393 e. The van der Waals surface area contributed by atoms with Gasteiger partial charge < -0.3 is 5.11 Å². The zero-order valence-electron chi connectivity index (χ0n) is 7.06. The van der Waals surface area contributed by atoms with Crippen LogP contribution in [0.1, 0.15) is 39.5 Å². The molecule has 1 heteroatoms. The van der Waals surface area contributed by atoms with Gasteiger partial charge in [-0.2, -0.15) is 0 Å². The third-order valence-corrected chi connectivity index (χ3v) is 1.80. The molecule has 0 rings (SSSR count). The fourth-order valence-corrected chi connectivity index (χ4v) is 0.752. The van der Waals surface area contributed by atoms with E-state index in [1.165, 1.54) is 5.57 Å². The van der Waals surface area contributed by atoms with Crippen LogP contribution in [0.15, 0.2) is 12.2 Å². The molecule has 0 saturated carbocycles. The van der Waals surface area contributed by atoms with Gasteiger partial charge in [-0.1, -0.05) is 26.0 Å². The topological polar surface area (TPSA) is 20.2 Å². The number of rotatable bonds is 5. The molecule has 1 nitrogen and oxygen atoms in total. The number of allylic oxidation sites excluding steroid dienone is 1. The Morgan fingerprint density at radius 1 is 1.50 bits per heavy atom. The first-order valence-electron chi connectivity index (χ1n) is 4.05. The third kappa shape index (κ3) is 4.57. The molecule has 1 atom stereocenters. The van der Waals surface area contributed by atoms with Gasteiger partial charge in [0.25, 0.3) is 0 Å². The highest BCUT2D eigenvalue weighted by Gasteiger charge is 1.99. The molecule has 0 aliphatic carbocycles. The zero-order valence-corrected chi connectivity index (χ0v) is 7.06. The quantitative estimate of drug-likeness (QED) is 0.585. The van der Waals surface area contributed by atoms with Crippen LogP contribution in [0.25, 0.3) is 0 Å². The van der Waals surface area contributed by atoms with E-state index in [9.17, 15) is 0 Å². The molecule has 0 aliphatic rings. The monoisotopic (exact) mass is 142 g/mol. The minimum absolute atomic E-state index is 0.122. The van der Waals surface area contributed by atoms with E-state index in [4.69, 9.17) is 5.11 Å². The van der Waals surface area contributed by atoms with Crippen molar-refractivity contribution in [2.75, 3.05) is 0 Å². The van der Waals surface area contributed by atoms with E-state index >= 15 is 0 Å². The molecule has 0 unspecified atom stereocenters. The fraction of sp³-hybridized carbons (Fsp3) is 0.778. The molecule has 0 bridgehead atoms. The van der Waals surface area contributed by atoms with Crippen molar-refractivity contribution in [3.05, 3.63) is 12.2 Å². The summed E-state index contributed by atoms with van der Waals surface area (Å²) >= 11 is 0. The molecule has 10 heavy (non-hydrogen) atoms. The van der Waals surface area contributed by atoms with Gasteiger partial charge in [-0.3, -0.25) is 0 Å². The van der Waals surface area contributed by atoms with Crippen molar-refractivity contribution in [1.82, 2.24) is 0 Å². The van der Waals surface area contributed by atoms with Crippen LogP contribution >= 0.6 is 0 Å². The predicted octanol–water partition coefficient (Wildman–Crippen LogP) is 2.50. The normalized spacial score (nSPS) is 13.1. The van der Waals surface area contributed by atoms with Crippen molar-refractivity contribution in [2.24, 2.45) is 0 Å². The summed E-state index contributed by atoms with van der Waals surface area (Å²) in [5.74, 6) is 0. The van der Waals surface area contributed by atoms with E-state index in [0.29, 0.717) is 0 Å². The molecular formula is C9H18O. The molecule has 0 spiro atoms. The van der Waals surface area contributed by atoms with Crippen molar-refractivity contribution in [1.29, 1.82) is 0 Å². The molecular weight excluding hydrogens is 124 g/mol. The Labute approximate surface area is 63.8 Å². The summed E-state index contributed by atoms with van der Waals surface area (Å²) in [4.78, 5) is 0. The van der Waals surface area contributed by atoms with Gasteiger partial charge >= 0.3 is 0 Å². The summed E-state index contributed by atoms with van der Waals surface area (Å²) in [6.07, 6.45) is 3.63. The Morgan fingerprint density at radius 2 is 2.10 bits per heavy atom. The van der Waals surface area contributed by atoms with Gasteiger partial charge in [0, 0.05) is 0 Å². The lowest BCUT2D eigenvalue weighted by Gasteiger charge is -2.07. The summed E-state index contributed by atoms with van der Waals surface area (Å²) in [5.41, 5.74) is 1.24. The molecule has 0 saturated heterocycles. The smallest absolute Gasteiger partial charge is 0.0540 e. The summed E-state index contributed by atoms with van der Waals surface area (Å²) in [6.45, 7) is 7.97. The Morgan fingerprint density at radius 3 is 2.50 bits per heavy atom. The van der Waals surface area contributed by atoms with Gasteiger partial charge in [-0.15, -0.1) is 0 Å². The molecule has 60 valence electrons. The minimum Gasteiger partial charge on any atom is -0.393 e. The SMILES string of the molecule is C=C(CC)CC[C@H](O)CC. The van der Waals surface area contributed by atoms with Gasteiger partial charge in [0.2, 0.25) is 0 Å². The average Bonchev–Trinajstić information content (AvgIpc) is 1.99. The van der Waals surface area contributed by atoms with Gasteiger partial charge in [0.05, 0.1) is 6.10 Å². The highest BCUT2D eigenvalue weighted by atomic mass is 16.3. The summed E-state index contributed by atoms with van der Waals surface area (Å²) < 4.78 is 0. The van der Waals surface area contributed by atoms with Crippen LogP contribution in [0, 0.1) is 0 Å². The zero-order chi connectivity index (χ0) is 7.98. The Hall–Kier alpha value is -0.300. The molecule has 0 radical (unpaired) electrons. The predicted molar refractivity (Wildman–Crippen MR) is 45.0 cm³/mol. The number of aliphatic hydroxyl groups excluding tert-OH is 1. The first kappa shape index (κ1) is 9.70. The Kier molecular flexibility index (Phi) is 5.32. The summed E-state index contributed by atoms with van der Waals surface area (Å²) in [5, 5.41) is 9.16. The molecule has 0 aromatic carbocycles. The lowest BCUT2D eigenvalue weighted by atomic mass is 10.1. The molecule has 0 fully saturated rings. The average molecular weight is 142 g/mol. The van der Waals surface area contributed by atoms with E-state index in [1.54, 1.807) is 0 Å². The second kappa shape index (κ2) is 5.48. The number of hydrogen-bond acceptors (Lipinski definition) is 1. The molecule has 1 N–H and O–H groups in total. The van der Waals surface area contributed by atoms with Gasteiger partial charge in [0.1, 0.15) is 0 Å². The van der Waals surface area contributed by atoms with Gasteiger partial charge in [-0.05, 0) is 25.7 Å². The lowest BCUT2D eigenvalue weighted by Crippen LogP contribution is -2.03. The minimum atomic E-state index is -0.122. The van der Waals surface area contributed by atoms with E-state index in [1.807, 2.05) is 6.92 Å². The van der Waals surface area contributed by atoms with Crippen molar-refractivity contribution < 1.29 is 5.11 Å². The maximum absolute atomic E-state index is 9.16. The maximum Gasteiger partial charge on any atom is 0.0540 e. The molecule has 0 amide bonds. The second-order valence-electron chi connectivity index (χ2n) is 2.70. The highest BCUT2D eigenvalue weighted by Crippen LogP contribution is 2.09. The van der Waals surface area contributed by atoms with E-state index in [0.717, 1.165) is 25.7 Å². The van der Waals surface area contributed by atoms with Crippen molar-refractivity contribution in [3.8, 4) is 0 Å². The van der Waals surface area contributed by atoms with E-state index in [2.05, 4.69) is 13.5 Å². The molecule has 0 aromatic rings. The van der Waals surface area contributed by atoms with Crippen molar-refractivity contribution >= 4 is 0 Å². The number of aliphatic hydroxyl groups is 1. The summed E-state index contributed by atoms with van der Waals surface area (Å²) in [6, 6.07) is 0. The van der Waals surface area contributed by atoms with Crippen LogP contribution in [0.3, 0.4) is 0 Å². The highest BCUT2D eigenvalue weighted by molar-refractivity contribution is 4.92. The van der Waals surface area contributed by atoms with Gasteiger partial charge in [-0.25, -0.2) is 0 Å². The lowest BCUT2D eigenvalue weighted by molar-refractivity contribution is 0.160. The first-order valence-corrected chi connectivity index (χ1v) is 4.05. The molecule has 0 aromatic heterocycles. The first-order chi connectivity index (χ1) is 4.70. The fourth-order valence-electron chi connectivity index (χ4n) is 0.752. The maximum atomic E-state index is 9.16. The van der Waals surface area contributed by atoms with Gasteiger partial charge in [0.15, 0.2) is 0 Å². The van der Waals surface area contributed by atoms with Crippen LogP contribution in [0.4, 0.5) is 0 Å². The van der Waals surface area contributed by atoms with Crippen LogP contribution in [-0.2, 0) is 0 Å². The van der Waals surface area contributed by atoms with Crippen LogP contribution in [0.2, 0.25) is 0 Å². The van der Waals surface area contributed by atoms with Crippen molar-refractivity contribution in [2.45, 2.75) is 45.6 Å². The molecule has 0 aliphatic heterocycles. The summed E-state index contributed by atoms with van der Waals surface area (Å²) in [7, 11) is 0. The van der Waals surface area contributed by atoms with Crippen LogP contribution in [-0.4, -0.2) is 11.2 Å². The Balaban J connectivity index is 3.26. The van der Waals surface area contributed by atoms with E-state index < -0.39 is 0 Å². The van der Waals surface area contributed by atoms with Crippen molar-refractivity contribution in [3.63, 3.8) is 0 Å². The van der Waals surface area contributed by atoms with E-state index in [-0.39, 0.29) is 6.10 Å². The second-order valence-corrected chi connectivity index (χ2v) is 2.70. The number of hydrogen-bond donors (Lipinski definition) is 1. The standard InChI is InChI=1S/C9H18O/c1-4-8(3)6-7-9(10)5-2/h9-10H,3-7H2,1-2H3/t9-/m1/s1. The van der Waals surface area contributed by atoms with Crippen LogP contribution < -0.4 is 0 Å². The van der Waals surface area contributed by atoms with Crippen LogP contribution in [0.5, 0.6) is 0 Å². The third-order valence-electron chi connectivity index (χ3n) is 1.80. The Bertz CT molecular complexity index is 96.9. The molecule has 0 heterocycles.